The number of para-hydroxylation sites is 1. The van der Waals surface area contributed by atoms with Gasteiger partial charge in [-0.15, -0.1) is 0 Å². The Morgan fingerprint density at radius 3 is 2.35 bits per heavy atom. The van der Waals surface area contributed by atoms with Crippen molar-refractivity contribution in [1.82, 2.24) is 15.3 Å². The van der Waals surface area contributed by atoms with E-state index in [2.05, 4.69) is 15.3 Å². The van der Waals surface area contributed by atoms with Gasteiger partial charge in [-0.2, -0.15) is 0 Å². The van der Waals surface area contributed by atoms with Gasteiger partial charge in [0.05, 0.1) is 20.8 Å². The Hall–Kier alpha value is -4.63. The van der Waals surface area contributed by atoms with E-state index in [1.54, 1.807) is 18.2 Å². The largest absolute Gasteiger partial charge is 0.501 e. The van der Waals surface area contributed by atoms with Gasteiger partial charge in [-0.3, -0.25) is 9.59 Å². The van der Waals surface area contributed by atoms with Gasteiger partial charge in [0.15, 0.2) is 17.2 Å². The molecule has 190 valence electrons. The minimum absolute atomic E-state index is 0.0507. The number of hydrogen-bond acceptors (Lipinski definition) is 7. The van der Waals surface area contributed by atoms with Gasteiger partial charge < -0.3 is 29.6 Å². The number of aromatic hydroxyl groups is 1. The molecule has 3 aromatic carbocycles. The number of aromatic amines is 1. The molecule has 0 radical (unpaired) electrons. The van der Waals surface area contributed by atoms with Crippen LogP contribution < -0.4 is 20.3 Å². The summed E-state index contributed by atoms with van der Waals surface area (Å²) in [5.41, 5.74) is 1.03. The van der Waals surface area contributed by atoms with E-state index in [0.29, 0.717) is 17.1 Å². The first-order chi connectivity index (χ1) is 18.0. The van der Waals surface area contributed by atoms with E-state index >= 15 is 0 Å². The minimum Gasteiger partial charge on any atom is -0.501 e. The fourth-order valence-electron chi connectivity index (χ4n) is 3.83. The van der Waals surface area contributed by atoms with Gasteiger partial charge in [0.25, 0.3) is 11.5 Å². The third-order valence-electron chi connectivity index (χ3n) is 5.66. The molecule has 1 unspecified atom stereocenters. The lowest BCUT2D eigenvalue weighted by Crippen LogP contribution is -2.28. The van der Waals surface area contributed by atoms with Crippen LogP contribution in [0.5, 0.6) is 17.2 Å². The van der Waals surface area contributed by atoms with Gasteiger partial charge in [-0.1, -0.05) is 72.8 Å². The van der Waals surface area contributed by atoms with Gasteiger partial charge in [0, 0.05) is 12.1 Å². The highest BCUT2D eigenvalue weighted by Crippen LogP contribution is 2.30. The van der Waals surface area contributed by atoms with Crippen molar-refractivity contribution in [3.05, 3.63) is 117 Å². The fraction of sp³-hybridized carbons (Fsp3) is 0.179. The molecule has 0 saturated carbocycles. The van der Waals surface area contributed by atoms with E-state index < -0.39 is 29.0 Å². The second kappa shape index (κ2) is 11.9. The number of carbonyl (C=O) groups excluding carboxylic acids is 1. The summed E-state index contributed by atoms with van der Waals surface area (Å²) < 4.78 is 16.8. The Bertz CT molecular complexity index is 1410. The number of carbonyl (C=O) groups is 1. The number of rotatable bonds is 10. The molecule has 0 fully saturated rings. The maximum atomic E-state index is 13.0. The zero-order chi connectivity index (χ0) is 26.2. The van der Waals surface area contributed by atoms with E-state index in [9.17, 15) is 14.7 Å². The van der Waals surface area contributed by atoms with Crippen molar-refractivity contribution in [2.24, 2.45) is 0 Å². The Kier molecular flexibility index (Phi) is 8.17. The van der Waals surface area contributed by atoms with Crippen LogP contribution in [0.3, 0.4) is 0 Å². The number of aromatic nitrogens is 2. The summed E-state index contributed by atoms with van der Waals surface area (Å²) in [6, 6.07) is 24.0. The van der Waals surface area contributed by atoms with E-state index in [1.807, 2.05) is 60.7 Å². The number of nitrogens with one attached hydrogen (secondary N) is 2. The molecule has 0 aliphatic heterocycles. The second-order valence-electron chi connectivity index (χ2n) is 8.07. The first-order valence-corrected chi connectivity index (χ1v) is 11.5. The third kappa shape index (κ3) is 5.96. The number of nitrogens with zero attached hydrogens (tertiary/aromatic N) is 1. The lowest BCUT2D eigenvalue weighted by molar-refractivity contribution is 0.0604. The average molecular weight is 502 g/mol. The smallest absolute Gasteiger partial charge is 0.294 e. The summed E-state index contributed by atoms with van der Waals surface area (Å²) in [5.74, 6) is -0.449. The standard InChI is InChI=1S/C28H27N3O6/c1-35-21-15-9-14-20(24(21)36-2)16-29-27(33)22-23(32)28(34)31-26(30-22)25(19-12-7-4-8-13-19)37-17-18-10-5-3-6-11-18/h3-15,25,32H,16-17H2,1-2H3,(H,29,33)(H,30,31,34). The molecule has 4 aromatic rings. The zero-order valence-corrected chi connectivity index (χ0v) is 20.4. The predicted octanol–water partition coefficient (Wildman–Crippen LogP) is 3.73. The average Bonchev–Trinajstić information content (AvgIpc) is 2.94. The Labute approximate surface area is 213 Å². The van der Waals surface area contributed by atoms with E-state index in [1.165, 1.54) is 14.2 Å². The molecular weight excluding hydrogens is 474 g/mol. The Balaban J connectivity index is 1.62. The molecule has 9 heteroatoms. The van der Waals surface area contributed by atoms with Crippen LogP contribution in [-0.4, -0.2) is 35.2 Å². The first kappa shape index (κ1) is 25.5. The predicted molar refractivity (Wildman–Crippen MR) is 137 cm³/mol. The fourth-order valence-corrected chi connectivity index (χ4v) is 3.83. The second-order valence-corrected chi connectivity index (χ2v) is 8.07. The van der Waals surface area contributed by atoms with Gasteiger partial charge in [-0.05, 0) is 17.2 Å². The molecule has 1 heterocycles. The Morgan fingerprint density at radius 1 is 0.973 bits per heavy atom. The van der Waals surface area contributed by atoms with Crippen molar-refractivity contribution in [3.63, 3.8) is 0 Å². The Morgan fingerprint density at radius 2 is 1.68 bits per heavy atom. The molecule has 0 saturated heterocycles. The quantitative estimate of drug-likeness (QED) is 0.303. The molecule has 4 rings (SSSR count). The molecule has 3 N–H and O–H groups in total. The summed E-state index contributed by atoms with van der Waals surface area (Å²) in [7, 11) is 3.02. The van der Waals surface area contributed by atoms with Crippen LogP contribution in [0.15, 0.2) is 83.7 Å². The molecular formula is C28H27N3O6. The van der Waals surface area contributed by atoms with Crippen molar-refractivity contribution in [2.75, 3.05) is 14.2 Å². The summed E-state index contributed by atoms with van der Waals surface area (Å²) >= 11 is 0. The number of hydrogen-bond donors (Lipinski definition) is 3. The highest BCUT2D eigenvalue weighted by molar-refractivity contribution is 5.94. The topological polar surface area (TPSA) is 123 Å². The molecule has 0 bridgehead atoms. The minimum atomic E-state index is -0.849. The molecule has 9 nitrogen and oxygen atoms in total. The van der Waals surface area contributed by atoms with Crippen molar-refractivity contribution in [3.8, 4) is 17.2 Å². The number of ether oxygens (including phenoxy) is 3. The lowest BCUT2D eigenvalue weighted by Gasteiger charge is -2.19. The van der Waals surface area contributed by atoms with Crippen molar-refractivity contribution >= 4 is 5.91 Å². The molecule has 1 amide bonds. The van der Waals surface area contributed by atoms with Crippen molar-refractivity contribution < 1.29 is 24.1 Å². The van der Waals surface area contributed by atoms with Crippen LogP contribution in [0.1, 0.15) is 39.1 Å². The summed E-state index contributed by atoms with van der Waals surface area (Å²) in [6.07, 6.45) is -0.792. The van der Waals surface area contributed by atoms with Crippen LogP contribution in [0.25, 0.3) is 0 Å². The summed E-state index contributed by atoms with van der Waals surface area (Å²) in [6.45, 7) is 0.289. The van der Waals surface area contributed by atoms with Crippen LogP contribution in [0, 0.1) is 0 Å². The normalized spacial score (nSPS) is 11.5. The summed E-state index contributed by atoms with van der Waals surface area (Å²) in [4.78, 5) is 32.5. The van der Waals surface area contributed by atoms with E-state index in [4.69, 9.17) is 14.2 Å². The molecule has 37 heavy (non-hydrogen) atoms. The highest BCUT2D eigenvalue weighted by Gasteiger charge is 2.24. The van der Waals surface area contributed by atoms with Crippen LogP contribution in [-0.2, 0) is 17.9 Å². The number of benzene rings is 3. The van der Waals surface area contributed by atoms with Gasteiger partial charge >= 0.3 is 0 Å². The molecule has 0 aliphatic rings. The van der Waals surface area contributed by atoms with Crippen LogP contribution in [0.2, 0.25) is 0 Å². The number of amides is 1. The van der Waals surface area contributed by atoms with Crippen LogP contribution >= 0.6 is 0 Å². The number of methoxy groups -OCH3 is 2. The number of H-pyrrole nitrogens is 1. The maximum Gasteiger partial charge on any atom is 0.294 e. The van der Waals surface area contributed by atoms with Crippen LogP contribution in [0.4, 0.5) is 0 Å². The first-order valence-electron chi connectivity index (χ1n) is 11.5. The van der Waals surface area contributed by atoms with Crippen molar-refractivity contribution in [1.29, 1.82) is 0 Å². The molecule has 1 aromatic heterocycles. The van der Waals surface area contributed by atoms with E-state index in [-0.39, 0.29) is 19.0 Å². The summed E-state index contributed by atoms with van der Waals surface area (Å²) in [5, 5.41) is 13.1. The van der Waals surface area contributed by atoms with E-state index in [0.717, 1.165) is 11.1 Å². The zero-order valence-electron chi connectivity index (χ0n) is 20.4. The monoisotopic (exact) mass is 501 g/mol. The van der Waals surface area contributed by atoms with Crippen molar-refractivity contribution in [2.45, 2.75) is 19.3 Å². The third-order valence-corrected chi connectivity index (χ3v) is 5.66. The molecule has 1 atom stereocenters. The molecule has 0 aliphatic carbocycles. The lowest BCUT2D eigenvalue weighted by atomic mass is 10.1. The SMILES string of the molecule is COc1cccc(CNC(=O)c2nc(C(OCc3ccccc3)c3ccccc3)[nH]c(=O)c2O)c1OC. The molecule has 0 spiro atoms. The van der Waals surface area contributed by atoms with Gasteiger partial charge in [-0.25, -0.2) is 4.98 Å². The van der Waals surface area contributed by atoms with Gasteiger partial charge in [0.1, 0.15) is 11.9 Å². The highest BCUT2D eigenvalue weighted by atomic mass is 16.5. The van der Waals surface area contributed by atoms with Gasteiger partial charge in [0.2, 0.25) is 5.75 Å². The maximum absolute atomic E-state index is 13.0.